The molecule has 9 heteroatoms. The summed E-state index contributed by atoms with van der Waals surface area (Å²) in [6, 6.07) is 9.54. The first kappa shape index (κ1) is 22.9. The van der Waals surface area contributed by atoms with Crippen LogP contribution in [0.25, 0.3) is 0 Å². The minimum absolute atomic E-state index is 0.0844. The Morgan fingerprint density at radius 2 is 2.12 bits per heavy atom. The number of nitrogens with two attached hydrogens (primary N) is 1. The summed E-state index contributed by atoms with van der Waals surface area (Å²) in [5, 5.41) is 19.8. The molecular weight excluding hydrogens is 426 g/mol. The van der Waals surface area contributed by atoms with Gasteiger partial charge in [-0.15, -0.1) is 0 Å². The number of hydrogen-bond donors (Lipinski definition) is 1. The number of ether oxygens (including phenoxy) is 2. The van der Waals surface area contributed by atoms with Gasteiger partial charge >= 0.3 is 5.97 Å². The Hall–Kier alpha value is -3.82. The van der Waals surface area contributed by atoms with E-state index in [4.69, 9.17) is 15.2 Å². The number of rotatable bonds is 6. The maximum atomic E-state index is 13.0. The summed E-state index contributed by atoms with van der Waals surface area (Å²) in [4.78, 5) is 21.6. The quantitative estimate of drug-likeness (QED) is 0.522. The lowest BCUT2D eigenvalue weighted by Crippen LogP contribution is -2.27. The molecule has 1 aliphatic heterocycles. The first-order chi connectivity index (χ1) is 15.4. The number of carbonyl (C=O) groups is 1. The van der Waals surface area contributed by atoms with Crippen LogP contribution in [0.3, 0.4) is 0 Å². The molecule has 0 amide bonds. The van der Waals surface area contributed by atoms with Crippen LogP contribution in [0, 0.1) is 36.5 Å². The average Bonchev–Trinajstić information content (AvgIpc) is 2.77. The van der Waals surface area contributed by atoms with Crippen molar-refractivity contribution >= 4 is 17.7 Å². The molecule has 1 atom stereocenters. The molecule has 2 aromatic heterocycles. The molecule has 0 fully saturated rings. The Kier molecular flexibility index (Phi) is 7.14. The Morgan fingerprint density at radius 3 is 2.75 bits per heavy atom. The van der Waals surface area contributed by atoms with Gasteiger partial charge in [0.1, 0.15) is 28.5 Å². The Morgan fingerprint density at radius 1 is 1.34 bits per heavy atom. The van der Waals surface area contributed by atoms with Gasteiger partial charge < -0.3 is 15.2 Å². The highest BCUT2D eigenvalue weighted by molar-refractivity contribution is 7.99. The van der Waals surface area contributed by atoms with Crippen molar-refractivity contribution in [3.63, 3.8) is 0 Å². The summed E-state index contributed by atoms with van der Waals surface area (Å²) in [5.74, 6) is -1.05. The smallest absolute Gasteiger partial charge is 0.338 e. The molecule has 32 heavy (non-hydrogen) atoms. The number of hydrogen-bond acceptors (Lipinski definition) is 9. The van der Waals surface area contributed by atoms with Gasteiger partial charge in [-0.2, -0.15) is 10.5 Å². The second-order valence-corrected chi connectivity index (χ2v) is 7.89. The first-order valence-electron chi connectivity index (χ1n) is 9.80. The van der Waals surface area contributed by atoms with E-state index in [1.165, 1.54) is 11.8 Å². The third kappa shape index (κ3) is 4.58. The summed E-state index contributed by atoms with van der Waals surface area (Å²) in [6.07, 6.45) is 3.17. The third-order valence-corrected chi connectivity index (χ3v) is 5.75. The van der Waals surface area contributed by atoms with Crippen molar-refractivity contribution in [3.05, 3.63) is 75.8 Å². The van der Waals surface area contributed by atoms with E-state index in [1.807, 2.05) is 19.9 Å². The Labute approximate surface area is 190 Å². The van der Waals surface area contributed by atoms with Gasteiger partial charge in [0.15, 0.2) is 0 Å². The Balaban J connectivity index is 2.10. The standard InChI is InChI=1S/C23H21N5O3S/c1-4-30-23(29)20-18(12-32-22-16(9-24)13(2)8-14(3)28-22)31-21(26)17(10-25)19(20)15-6-5-7-27-11-15/h5-8,11,19H,4,12,26H2,1-3H3/t19-/m0/s1. The highest BCUT2D eigenvalue weighted by Gasteiger charge is 2.37. The van der Waals surface area contributed by atoms with Crippen LogP contribution in [0.5, 0.6) is 0 Å². The largest absolute Gasteiger partial charge is 0.463 e. The SMILES string of the molecule is CCOC(=O)C1=C(CSc2nc(C)cc(C)c2C#N)OC(N)=C(C#N)[C@@H]1c1cccnc1. The minimum Gasteiger partial charge on any atom is -0.463 e. The van der Waals surface area contributed by atoms with Crippen LogP contribution in [0.15, 0.2) is 58.4 Å². The van der Waals surface area contributed by atoms with Crippen molar-refractivity contribution in [1.82, 2.24) is 9.97 Å². The average molecular weight is 448 g/mol. The molecule has 0 radical (unpaired) electrons. The van der Waals surface area contributed by atoms with E-state index in [0.29, 0.717) is 16.2 Å². The number of thioether (sulfide) groups is 1. The highest BCUT2D eigenvalue weighted by Crippen LogP contribution is 2.41. The first-order valence-corrected chi connectivity index (χ1v) is 10.8. The van der Waals surface area contributed by atoms with Gasteiger partial charge in [-0.25, -0.2) is 9.78 Å². The molecule has 1 aliphatic rings. The minimum atomic E-state index is -0.778. The van der Waals surface area contributed by atoms with Crippen LogP contribution in [0.1, 0.15) is 35.2 Å². The maximum Gasteiger partial charge on any atom is 0.338 e. The van der Waals surface area contributed by atoms with Crippen LogP contribution < -0.4 is 5.73 Å². The molecule has 2 aromatic rings. The predicted octanol–water partition coefficient (Wildman–Crippen LogP) is 3.38. The molecule has 8 nitrogen and oxygen atoms in total. The molecule has 0 saturated carbocycles. The van der Waals surface area contributed by atoms with Gasteiger partial charge in [0.2, 0.25) is 5.88 Å². The monoisotopic (exact) mass is 447 g/mol. The summed E-state index contributed by atoms with van der Waals surface area (Å²) in [6.45, 7) is 5.54. The molecule has 0 bridgehead atoms. The molecule has 0 aliphatic carbocycles. The fourth-order valence-corrected chi connectivity index (χ4v) is 4.46. The lowest BCUT2D eigenvalue weighted by atomic mass is 9.84. The zero-order chi connectivity index (χ0) is 23.3. The van der Waals surface area contributed by atoms with Crippen molar-refractivity contribution in [2.75, 3.05) is 12.4 Å². The molecule has 3 heterocycles. The van der Waals surface area contributed by atoms with Gasteiger partial charge in [-0.1, -0.05) is 17.8 Å². The van der Waals surface area contributed by atoms with E-state index in [0.717, 1.165) is 11.3 Å². The summed E-state index contributed by atoms with van der Waals surface area (Å²) < 4.78 is 11.0. The molecule has 0 saturated heterocycles. The molecule has 0 unspecified atom stereocenters. The van der Waals surface area contributed by atoms with Crippen molar-refractivity contribution in [2.45, 2.75) is 31.7 Å². The van der Waals surface area contributed by atoms with Crippen molar-refractivity contribution < 1.29 is 14.3 Å². The molecule has 2 N–H and O–H groups in total. The molecule has 0 aromatic carbocycles. The van der Waals surface area contributed by atoms with Crippen LogP contribution in [-0.2, 0) is 14.3 Å². The van der Waals surface area contributed by atoms with E-state index in [9.17, 15) is 15.3 Å². The molecule has 162 valence electrons. The van der Waals surface area contributed by atoms with Crippen molar-refractivity contribution in [2.24, 2.45) is 5.73 Å². The number of aryl methyl sites for hydroxylation is 2. The second-order valence-electron chi connectivity index (χ2n) is 6.93. The van der Waals surface area contributed by atoms with Gasteiger partial charge in [0.05, 0.1) is 29.4 Å². The number of nitrogens with zero attached hydrogens (tertiary/aromatic N) is 4. The van der Waals surface area contributed by atoms with Crippen molar-refractivity contribution in [1.29, 1.82) is 10.5 Å². The summed E-state index contributed by atoms with van der Waals surface area (Å²) >= 11 is 1.25. The van der Waals surface area contributed by atoms with Crippen LogP contribution >= 0.6 is 11.8 Å². The van der Waals surface area contributed by atoms with Crippen molar-refractivity contribution in [3.8, 4) is 12.1 Å². The fraction of sp³-hybridized carbons (Fsp3) is 0.261. The second kappa shape index (κ2) is 9.99. The maximum absolute atomic E-state index is 13.0. The van der Waals surface area contributed by atoms with Crippen LogP contribution in [0.2, 0.25) is 0 Å². The number of carbonyl (C=O) groups excluding carboxylic acids is 1. The van der Waals surface area contributed by atoms with Gasteiger partial charge in [-0.05, 0) is 44.0 Å². The molecule has 3 rings (SSSR count). The lowest BCUT2D eigenvalue weighted by molar-refractivity contribution is -0.139. The van der Waals surface area contributed by atoms with Crippen LogP contribution in [0.4, 0.5) is 0 Å². The predicted molar refractivity (Wildman–Crippen MR) is 118 cm³/mol. The van der Waals surface area contributed by atoms with Crippen LogP contribution in [-0.4, -0.2) is 28.3 Å². The fourth-order valence-electron chi connectivity index (χ4n) is 3.41. The van der Waals surface area contributed by atoms with Gasteiger partial charge in [-0.3, -0.25) is 4.98 Å². The zero-order valence-corrected chi connectivity index (χ0v) is 18.7. The number of pyridine rings is 2. The number of aromatic nitrogens is 2. The summed E-state index contributed by atoms with van der Waals surface area (Å²) in [5.41, 5.74) is 9.01. The number of allylic oxidation sites excluding steroid dienone is 1. The lowest BCUT2D eigenvalue weighted by Gasteiger charge is -2.27. The van der Waals surface area contributed by atoms with E-state index in [-0.39, 0.29) is 35.1 Å². The van der Waals surface area contributed by atoms with E-state index in [1.54, 1.807) is 31.5 Å². The number of esters is 1. The summed E-state index contributed by atoms with van der Waals surface area (Å²) in [7, 11) is 0. The van der Waals surface area contributed by atoms with E-state index < -0.39 is 11.9 Å². The highest BCUT2D eigenvalue weighted by atomic mass is 32.2. The topological polar surface area (TPSA) is 135 Å². The third-order valence-electron chi connectivity index (χ3n) is 4.77. The molecule has 0 spiro atoms. The van der Waals surface area contributed by atoms with Gasteiger partial charge in [0, 0.05) is 18.1 Å². The number of nitriles is 2. The van der Waals surface area contributed by atoms with Gasteiger partial charge in [0.25, 0.3) is 0 Å². The van der Waals surface area contributed by atoms with E-state index in [2.05, 4.69) is 22.1 Å². The molecular formula is C23H21N5O3S. The Bertz CT molecular complexity index is 1190. The normalized spacial score (nSPS) is 15.6. The zero-order valence-electron chi connectivity index (χ0n) is 17.9. The van der Waals surface area contributed by atoms with E-state index >= 15 is 0 Å².